The molecule has 0 saturated heterocycles. The number of nitrogens with zero attached hydrogens (tertiary/aromatic N) is 1. The molecule has 0 aromatic rings. The number of unbranched alkanes of at least 4 members (excludes halogenated alkanes) is 15. The molecule has 0 aromatic carbocycles. The Labute approximate surface area is 148 Å². The van der Waals surface area contributed by atoms with Crippen LogP contribution in [0.4, 0.5) is 0 Å². The van der Waals surface area contributed by atoms with Gasteiger partial charge in [0.15, 0.2) is 0 Å². The van der Waals surface area contributed by atoms with Crippen molar-refractivity contribution in [3.05, 3.63) is 0 Å². The molecule has 0 unspecified atom stereocenters. The second-order valence-corrected chi connectivity index (χ2v) is 7.61. The largest absolute Gasteiger partial charge is 0.306 e. The van der Waals surface area contributed by atoms with Crippen LogP contribution in [0.25, 0.3) is 0 Å². The maximum atomic E-state index is 2.48. The minimum atomic E-state index is 1.26. The van der Waals surface area contributed by atoms with E-state index in [1.807, 2.05) is 0 Å². The Hall–Kier alpha value is -0.0400. The highest BCUT2D eigenvalue weighted by molar-refractivity contribution is 4.52. The maximum absolute atomic E-state index is 2.48. The summed E-state index contributed by atoms with van der Waals surface area (Å²) in [5, 5.41) is 0. The number of hydrogen-bond acceptors (Lipinski definition) is 1. The van der Waals surface area contributed by atoms with Crippen molar-refractivity contribution in [2.75, 3.05) is 20.1 Å². The topological polar surface area (TPSA) is 3.24 Å². The van der Waals surface area contributed by atoms with Gasteiger partial charge in [0.25, 0.3) is 0 Å². The molecule has 0 bridgehead atoms. The fourth-order valence-corrected chi connectivity index (χ4v) is 3.42. The fourth-order valence-electron chi connectivity index (χ4n) is 3.42. The lowest BCUT2D eigenvalue weighted by atomic mass is 10.0. The first kappa shape index (κ1) is 23.0. The van der Waals surface area contributed by atoms with Crippen LogP contribution >= 0.6 is 0 Å². The van der Waals surface area contributed by atoms with Gasteiger partial charge in [0.2, 0.25) is 0 Å². The van der Waals surface area contributed by atoms with Crippen LogP contribution < -0.4 is 0 Å². The zero-order valence-electron chi connectivity index (χ0n) is 16.9. The summed E-state index contributed by atoms with van der Waals surface area (Å²) in [6, 6.07) is 0. The van der Waals surface area contributed by atoms with E-state index in [4.69, 9.17) is 0 Å². The molecule has 1 nitrogen and oxygen atoms in total. The van der Waals surface area contributed by atoms with Crippen molar-refractivity contribution in [1.82, 2.24) is 4.90 Å². The van der Waals surface area contributed by atoms with Crippen LogP contribution in [-0.2, 0) is 0 Å². The molecule has 140 valence electrons. The van der Waals surface area contributed by atoms with Gasteiger partial charge in [0.05, 0.1) is 0 Å². The lowest BCUT2D eigenvalue weighted by Crippen LogP contribution is -2.20. The van der Waals surface area contributed by atoms with E-state index in [1.54, 1.807) is 0 Å². The Morgan fingerprint density at radius 3 is 1.09 bits per heavy atom. The van der Waals surface area contributed by atoms with E-state index < -0.39 is 0 Å². The molecule has 0 aromatic heterocycles. The van der Waals surface area contributed by atoms with Crippen LogP contribution in [0.5, 0.6) is 0 Å². The van der Waals surface area contributed by atoms with E-state index in [9.17, 15) is 0 Å². The Morgan fingerprint density at radius 1 is 0.391 bits per heavy atom. The minimum Gasteiger partial charge on any atom is -0.306 e. The van der Waals surface area contributed by atoms with E-state index in [2.05, 4.69) is 25.8 Å². The minimum absolute atomic E-state index is 1.26. The standard InChI is InChI=1S/C22H47N/c1-4-6-7-8-9-10-11-12-13-14-15-16-17-18-19-20-22-23(3)21-5-2/h4-22H2,1-3H3. The third-order valence-electron chi connectivity index (χ3n) is 5.00. The number of rotatable bonds is 19. The van der Waals surface area contributed by atoms with E-state index in [0.717, 1.165) is 0 Å². The molecule has 0 atom stereocenters. The van der Waals surface area contributed by atoms with Gasteiger partial charge >= 0.3 is 0 Å². The van der Waals surface area contributed by atoms with E-state index >= 15 is 0 Å². The Balaban J connectivity index is 3.00. The first-order chi connectivity index (χ1) is 11.3. The molecule has 0 rings (SSSR count). The zero-order valence-corrected chi connectivity index (χ0v) is 16.9. The van der Waals surface area contributed by atoms with Crippen molar-refractivity contribution < 1.29 is 0 Å². The Morgan fingerprint density at radius 2 is 0.739 bits per heavy atom. The van der Waals surface area contributed by atoms with Gasteiger partial charge in [-0.3, -0.25) is 0 Å². The quantitative estimate of drug-likeness (QED) is 0.221. The zero-order chi connectivity index (χ0) is 17.0. The Bertz CT molecular complexity index is 202. The second kappa shape index (κ2) is 20.0. The molecule has 0 aliphatic carbocycles. The highest BCUT2D eigenvalue weighted by Gasteiger charge is 1.97. The summed E-state index contributed by atoms with van der Waals surface area (Å²) in [7, 11) is 2.26. The summed E-state index contributed by atoms with van der Waals surface area (Å²) < 4.78 is 0. The van der Waals surface area contributed by atoms with Gasteiger partial charge < -0.3 is 4.90 Å². The van der Waals surface area contributed by atoms with Crippen LogP contribution in [0, 0.1) is 0 Å². The molecular formula is C22H47N. The van der Waals surface area contributed by atoms with Crippen molar-refractivity contribution >= 4 is 0 Å². The van der Waals surface area contributed by atoms with E-state index in [-0.39, 0.29) is 0 Å². The molecule has 1 heteroatoms. The lowest BCUT2D eigenvalue weighted by Gasteiger charge is -2.14. The molecule has 0 heterocycles. The highest BCUT2D eigenvalue weighted by Crippen LogP contribution is 2.13. The van der Waals surface area contributed by atoms with Crippen molar-refractivity contribution in [1.29, 1.82) is 0 Å². The molecule has 0 aliphatic rings. The first-order valence-corrected chi connectivity index (χ1v) is 11.0. The van der Waals surface area contributed by atoms with Crippen LogP contribution in [0.3, 0.4) is 0 Å². The van der Waals surface area contributed by atoms with Gasteiger partial charge in [-0.2, -0.15) is 0 Å². The van der Waals surface area contributed by atoms with Gasteiger partial charge in [0.1, 0.15) is 0 Å². The van der Waals surface area contributed by atoms with E-state index in [1.165, 1.54) is 122 Å². The normalized spacial score (nSPS) is 11.5. The van der Waals surface area contributed by atoms with Gasteiger partial charge in [-0.1, -0.05) is 110 Å². The summed E-state index contributed by atoms with van der Waals surface area (Å²) in [5.41, 5.74) is 0. The summed E-state index contributed by atoms with van der Waals surface area (Å²) in [5.74, 6) is 0. The van der Waals surface area contributed by atoms with Gasteiger partial charge in [0, 0.05) is 0 Å². The maximum Gasteiger partial charge on any atom is -0.00218 e. The SMILES string of the molecule is CCCCCCCCCCCCCCCCCCN(C)CCC. The highest BCUT2D eigenvalue weighted by atomic mass is 15.1. The summed E-state index contributed by atoms with van der Waals surface area (Å²) in [6.07, 6.45) is 24.6. The van der Waals surface area contributed by atoms with Crippen LogP contribution in [0.2, 0.25) is 0 Å². The fraction of sp³-hybridized carbons (Fsp3) is 1.00. The molecular weight excluding hydrogens is 278 g/mol. The van der Waals surface area contributed by atoms with Crippen molar-refractivity contribution in [3.8, 4) is 0 Å². The van der Waals surface area contributed by atoms with Crippen LogP contribution in [0.1, 0.15) is 123 Å². The van der Waals surface area contributed by atoms with Crippen LogP contribution in [0.15, 0.2) is 0 Å². The second-order valence-electron chi connectivity index (χ2n) is 7.61. The number of hydrogen-bond donors (Lipinski definition) is 0. The van der Waals surface area contributed by atoms with Crippen LogP contribution in [-0.4, -0.2) is 25.0 Å². The molecule has 23 heavy (non-hydrogen) atoms. The molecule has 0 N–H and O–H groups in total. The first-order valence-electron chi connectivity index (χ1n) is 11.0. The predicted octanol–water partition coefficient (Wildman–Crippen LogP) is 7.59. The average molecular weight is 326 g/mol. The summed E-state index contributed by atoms with van der Waals surface area (Å²) in [6.45, 7) is 7.13. The Kier molecular flexibility index (Phi) is 20.0. The monoisotopic (exact) mass is 325 g/mol. The third-order valence-corrected chi connectivity index (χ3v) is 5.00. The molecule has 0 radical (unpaired) electrons. The lowest BCUT2D eigenvalue weighted by molar-refractivity contribution is 0.324. The van der Waals surface area contributed by atoms with Crippen molar-refractivity contribution in [2.45, 2.75) is 123 Å². The summed E-state index contributed by atoms with van der Waals surface area (Å²) >= 11 is 0. The summed E-state index contributed by atoms with van der Waals surface area (Å²) in [4.78, 5) is 2.48. The molecule has 0 aliphatic heterocycles. The van der Waals surface area contributed by atoms with Gasteiger partial charge in [-0.15, -0.1) is 0 Å². The smallest absolute Gasteiger partial charge is 0.00218 e. The van der Waals surface area contributed by atoms with Crippen molar-refractivity contribution in [3.63, 3.8) is 0 Å². The molecule has 0 saturated carbocycles. The van der Waals surface area contributed by atoms with Crippen molar-refractivity contribution in [2.24, 2.45) is 0 Å². The predicted molar refractivity (Wildman–Crippen MR) is 107 cm³/mol. The van der Waals surface area contributed by atoms with Gasteiger partial charge in [-0.25, -0.2) is 0 Å². The van der Waals surface area contributed by atoms with Gasteiger partial charge in [-0.05, 0) is 33.0 Å². The molecule has 0 spiro atoms. The van der Waals surface area contributed by atoms with E-state index in [0.29, 0.717) is 0 Å². The third kappa shape index (κ3) is 19.9. The molecule has 0 amide bonds. The average Bonchev–Trinajstić information content (AvgIpc) is 2.54. The molecule has 0 fully saturated rings.